The van der Waals surface area contributed by atoms with Crippen LogP contribution in [0.15, 0.2) is 48.0 Å². The largest absolute Gasteiger partial charge is 0.318 e. The molecule has 0 bridgehead atoms. The van der Waals surface area contributed by atoms with Crippen molar-refractivity contribution in [1.82, 2.24) is 15.0 Å². The van der Waals surface area contributed by atoms with E-state index in [4.69, 9.17) is 5.73 Å². The number of hydrogen-bond donors (Lipinski definition) is 1. The predicted molar refractivity (Wildman–Crippen MR) is 76.4 cm³/mol. The first-order valence-corrected chi connectivity index (χ1v) is 6.91. The van der Waals surface area contributed by atoms with Gasteiger partial charge in [0.15, 0.2) is 0 Å². The van der Waals surface area contributed by atoms with Gasteiger partial charge in [-0.3, -0.25) is 0 Å². The van der Waals surface area contributed by atoms with Crippen LogP contribution in [-0.4, -0.2) is 15.0 Å². The number of hydrogen-bond acceptors (Lipinski definition) is 4. The molecule has 5 heteroatoms. The van der Waals surface area contributed by atoms with Gasteiger partial charge in [-0.25, -0.2) is 4.68 Å². The molecule has 1 unspecified atom stereocenters. The maximum Gasteiger partial charge on any atom is 0.0866 e. The molecule has 0 saturated carbocycles. The van der Waals surface area contributed by atoms with Crippen molar-refractivity contribution in [2.75, 3.05) is 0 Å². The number of nitrogens with zero attached hydrogens (tertiary/aromatic N) is 3. The zero-order valence-corrected chi connectivity index (χ0v) is 11.3. The molecule has 2 aromatic heterocycles. The van der Waals surface area contributed by atoms with Gasteiger partial charge in [-0.15, -0.1) is 16.4 Å². The summed E-state index contributed by atoms with van der Waals surface area (Å²) in [7, 11) is 0. The van der Waals surface area contributed by atoms with Crippen LogP contribution in [0.2, 0.25) is 0 Å². The first kappa shape index (κ1) is 12.1. The third kappa shape index (κ3) is 2.18. The summed E-state index contributed by atoms with van der Waals surface area (Å²) in [6, 6.07) is 11.8. The molecule has 1 atom stereocenters. The molecular weight excluding hydrogens is 256 g/mol. The van der Waals surface area contributed by atoms with Gasteiger partial charge in [-0.05, 0) is 36.1 Å². The van der Waals surface area contributed by atoms with Gasteiger partial charge in [0.05, 0.1) is 23.6 Å². The Morgan fingerprint density at radius 1 is 1.21 bits per heavy atom. The second-order valence-corrected chi connectivity index (χ2v) is 5.30. The first-order valence-electron chi connectivity index (χ1n) is 6.03. The summed E-state index contributed by atoms with van der Waals surface area (Å²) in [4.78, 5) is 1.15. The smallest absolute Gasteiger partial charge is 0.0866 e. The summed E-state index contributed by atoms with van der Waals surface area (Å²) >= 11 is 1.67. The molecule has 0 fully saturated rings. The van der Waals surface area contributed by atoms with Gasteiger partial charge in [-0.2, -0.15) is 0 Å². The first-order chi connectivity index (χ1) is 9.27. The molecule has 2 N–H and O–H groups in total. The van der Waals surface area contributed by atoms with E-state index in [9.17, 15) is 0 Å². The van der Waals surface area contributed by atoms with Gasteiger partial charge in [0.2, 0.25) is 0 Å². The van der Waals surface area contributed by atoms with Crippen LogP contribution >= 0.6 is 11.3 Å². The van der Waals surface area contributed by atoms with E-state index in [1.54, 1.807) is 22.2 Å². The number of rotatable bonds is 3. The van der Waals surface area contributed by atoms with E-state index < -0.39 is 0 Å². The summed E-state index contributed by atoms with van der Waals surface area (Å²) in [6.07, 6.45) is 1.73. The van der Waals surface area contributed by atoms with Crippen LogP contribution in [0.1, 0.15) is 22.2 Å². The van der Waals surface area contributed by atoms with Crippen molar-refractivity contribution >= 4 is 11.3 Å². The van der Waals surface area contributed by atoms with Crippen molar-refractivity contribution in [3.8, 4) is 5.69 Å². The fraction of sp³-hybridized carbons (Fsp3) is 0.143. The molecule has 0 aliphatic rings. The van der Waals surface area contributed by atoms with Crippen molar-refractivity contribution in [1.29, 1.82) is 0 Å². The maximum atomic E-state index is 6.35. The van der Waals surface area contributed by atoms with Gasteiger partial charge in [0, 0.05) is 4.88 Å². The SMILES string of the molecule is Cc1ccsc1C(N)c1cnnn1-c1ccccc1. The Bertz CT molecular complexity index is 672. The Balaban J connectivity index is 2.04. The number of nitrogens with two attached hydrogens (primary N) is 1. The molecule has 1 aromatic carbocycles. The average Bonchev–Trinajstić information content (AvgIpc) is 3.07. The van der Waals surface area contributed by atoms with Crippen LogP contribution in [0, 0.1) is 6.92 Å². The van der Waals surface area contributed by atoms with Crippen molar-refractivity contribution in [2.45, 2.75) is 13.0 Å². The van der Waals surface area contributed by atoms with Crippen LogP contribution in [0.5, 0.6) is 0 Å². The zero-order valence-electron chi connectivity index (χ0n) is 10.5. The third-order valence-corrected chi connectivity index (χ3v) is 4.18. The number of aryl methyl sites for hydroxylation is 1. The number of thiophene rings is 1. The molecule has 0 saturated heterocycles. The molecule has 19 heavy (non-hydrogen) atoms. The van der Waals surface area contributed by atoms with Crippen molar-refractivity contribution < 1.29 is 0 Å². The topological polar surface area (TPSA) is 56.7 Å². The van der Waals surface area contributed by atoms with E-state index in [2.05, 4.69) is 28.7 Å². The van der Waals surface area contributed by atoms with Gasteiger partial charge in [0.25, 0.3) is 0 Å². The fourth-order valence-corrected chi connectivity index (χ4v) is 3.00. The summed E-state index contributed by atoms with van der Waals surface area (Å²) in [5.74, 6) is 0. The Hall–Kier alpha value is -1.98. The zero-order chi connectivity index (χ0) is 13.2. The lowest BCUT2D eigenvalue weighted by Crippen LogP contribution is -2.16. The van der Waals surface area contributed by atoms with Gasteiger partial charge in [0.1, 0.15) is 0 Å². The summed E-state index contributed by atoms with van der Waals surface area (Å²) < 4.78 is 1.80. The second-order valence-electron chi connectivity index (χ2n) is 4.35. The summed E-state index contributed by atoms with van der Waals surface area (Å²) in [5.41, 5.74) is 9.43. The summed E-state index contributed by atoms with van der Waals surface area (Å²) in [6.45, 7) is 2.07. The van der Waals surface area contributed by atoms with E-state index in [-0.39, 0.29) is 6.04 Å². The monoisotopic (exact) mass is 270 g/mol. The quantitative estimate of drug-likeness (QED) is 0.796. The average molecular weight is 270 g/mol. The molecule has 3 aromatic rings. The highest BCUT2D eigenvalue weighted by Crippen LogP contribution is 2.27. The standard InChI is InChI=1S/C14H14N4S/c1-10-7-8-19-14(10)13(15)12-9-16-17-18(12)11-5-3-2-4-6-11/h2-9,13H,15H2,1H3. The molecule has 0 amide bonds. The molecule has 0 aliphatic heterocycles. The van der Waals surface area contributed by atoms with E-state index in [1.807, 2.05) is 30.3 Å². The van der Waals surface area contributed by atoms with Crippen LogP contribution in [-0.2, 0) is 0 Å². The van der Waals surface area contributed by atoms with E-state index in [0.717, 1.165) is 16.3 Å². The lowest BCUT2D eigenvalue weighted by molar-refractivity contribution is 0.724. The van der Waals surface area contributed by atoms with Crippen LogP contribution in [0.25, 0.3) is 5.69 Å². The van der Waals surface area contributed by atoms with Gasteiger partial charge in [-0.1, -0.05) is 23.4 Å². The highest BCUT2D eigenvalue weighted by atomic mass is 32.1. The minimum atomic E-state index is -0.199. The number of para-hydroxylation sites is 1. The number of benzene rings is 1. The van der Waals surface area contributed by atoms with E-state index in [0.29, 0.717) is 0 Å². The highest BCUT2D eigenvalue weighted by Gasteiger charge is 2.18. The fourth-order valence-electron chi connectivity index (χ4n) is 2.06. The van der Waals surface area contributed by atoms with Gasteiger partial charge >= 0.3 is 0 Å². The Kier molecular flexibility index (Phi) is 3.15. The van der Waals surface area contributed by atoms with E-state index in [1.165, 1.54) is 5.56 Å². The molecule has 2 heterocycles. The van der Waals surface area contributed by atoms with Crippen molar-refractivity contribution in [3.63, 3.8) is 0 Å². The second kappa shape index (κ2) is 4.95. The Labute approximate surface area is 115 Å². The highest BCUT2D eigenvalue weighted by molar-refractivity contribution is 7.10. The summed E-state index contributed by atoms with van der Waals surface area (Å²) in [5, 5.41) is 10.2. The lowest BCUT2D eigenvalue weighted by atomic mass is 10.1. The normalized spacial score (nSPS) is 12.5. The molecule has 4 nitrogen and oxygen atoms in total. The van der Waals surface area contributed by atoms with Crippen LogP contribution < -0.4 is 5.73 Å². The molecular formula is C14H14N4S. The molecule has 3 rings (SSSR count). The Morgan fingerprint density at radius 2 is 2.00 bits per heavy atom. The lowest BCUT2D eigenvalue weighted by Gasteiger charge is -2.13. The Morgan fingerprint density at radius 3 is 2.68 bits per heavy atom. The third-order valence-electron chi connectivity index (χ3n) is 3.08. The number of aromatic nitrogens is 3. The van der Waals surface area contributed by atoms with Crippen LogP contribution in [0.4, 0.5) is 0 Å². The maximum absolute atomic E-state index is 6.35. The van der Waals surface area contributed by atoms with Crippen LogP contribution in [0.3, 0.4) is 0 Å². The minimum Gasteiger partial charge on any atom is -0.318 e. The van der Waals surface area contributed by atoms with Crippen molar-refractivity contribution in [2.24, 2.45) is 5.73 Å². The van der Waals surface area contributed by atoms with E-state index >= 15 is 0 Å². The molecule has 0 aliphatic carbocycles. The van der Waals surface area contributed by atoms with Crippen molar-refractivity contribution in [3.05, 3.63) is 64.1 Å². The molecule has 96 valence electrons. The molecule has 0 radical (unpaired) electrons. The predicted octanol–water partition coefficient (Wildman–Crippen LogP) is 2.69. The van der Waals surface area contributed by atoms with Gasteiger partial charge < -0.3 is 5.73 Å². The minimum absolute atomic E-state index is 0.199. The molecule has 0 spiro atoms.